The summed E-state index contributed by atoms with van der Waals surface area (Å²) in [7, 11) is 1.85. The van der Waals surface area contributed by atoms with E-state index in [1.54, 1.807) is 4.90 Å². The smallest absolute Gasteiger partial charge is 0.254 e. The summed E-state index contributed by atoms with van der Waals surface area (Å²) in [6, 6.07) is 23.8. The van der Waals surface area contributed by atoms with Gasteiger partial charge in [-0.3, -0.25) is 9.59 Å². The molecule has 3 aromatic rings. The number of carbonyl (C=O) groups is 2. The van der Waals surface area contributed by atoms with Crippen LogP contribution in [-0.4, -0.2) is 41.8 Å². The van der Waals surface area contributed by atoms with Gasteiger partial charge in [-0.1, -0.05) is 66.7 Å². The molecule has 0 saturated carbocycles. The van der Waals surface area contributed by atoms with Gasteiger partial charge in [0.05, 0.1) is 5.92 Å². The third-order valence-corrected chi connectivity index (χ3v) is 5.72. The molecule has 1 aliphatic heterocycles. The lowest BCUT2D eigenvalue weighted by Crippen LogP contribution is -2.45. The number of piperidine rings is 1. The van der Waals surface area contributed by atoms with E-state index in [4.69, 9.17) is 0 Å². The molecule has 0 bridgehead atoms. The topological polar surface area (TPSA) is 40.6 Å². The Balaban J connectivity index is 1.47. The number of hydrogen-bond acceptors (Lipinski definition) is 2. The van der Waals surface area contributed by atoms with Crippen molar-refractivity contribution in [3.63, 3.8) is 0 Å². The van der Waals surface area contributed by atoms with Crippen molar-refractivity contribution < 1.29 is 9.59 Å². The quantitative estimate of drug-likeness (QED) is 0.669. The maximum absolute atomic E-state index is 13.2. The number of nitrogens with zero attached hydrogens (tertiary/aromatic N) is 2. The van der Waals surface area contributed by atoms with Crippen molar-refractivity contribution in [3.05, 3.63) is 83.9 Å². The van der Waals surface area contributed by atoms with Gasteiger partial charge in [0, 0.05) is 32.2 Å². The number of fused-ring (bicyclic) bond motifs is 1. The summed E-state index contributed by atoms with van der Waals surface area (Å²) >= 11 is 0. The van der Waals surface area contributed by atoms with Crippen molar-refractivity contribution in [1.82, 2.24) is 9.80 Å². The summed E-state index contributed by atoms with van der Waals surface area (Å²) in [6.07, 6.45) is 1.68. The first kappa shape index (κ1) is 19.2. The number of hydrogen-bond donors (Lipinski definition) is 0. The SMILES string of the molecule is CN(Cc1ccccc1)C(=O)C1CCCN(C(=O)c2cccc3ccccc23)C1. The van der Waals surface area contributed by atoms with Crippen LogP contribution >= 0.6 is 0 Å². The Morgan fingerprint density at radius 1 is 0.966 bits per heavy atom. The Kier molecular flexibility index (Phi) is 5.61. The lowest BCUT2D eigenvalue weighted by atomic mass is 9.95. The number of amides is 2. The van der Waals surface area contributed by atoms with E-state index in [0.29, 0.717) is 25.2 Å². The van der Waals surface area contributed by atoms with Gasteiger partial charge in [-0.15, -0.1) is 0 Å². The van der Waals surface area contributed by atoms with E-state index in [-0.39, 0.29) is 17.7 Å². The molecule has 0 radical (unpaired) electrons. The molecule has 1 atom stereocenters. The van der Waals surface area contributed by atoms with Crippen molar-refractivity contribution in [2.75, 3.05) is 20.1 Å². The fourth-order valence-corrected chi connectivity index (χ4v) is 4.19. The van der Waals surface area contributed by atoms with Gasteiger partial charge >= 0.3 is 0 Å². The molecule has 4 nitrogen and oxygen atoms in total. The van der Waals surface area contributed by atoms with Crippen LogP contribution in [0.25, 0.3) is 10.8 Å². The molecule has 1 unspecified atom stereocenters. The minimum Gasteiger partial charge on any atom is -0.341 e. The molecular formula is C25H26N2O2. The number of likely N-dealkylation sites (tertiary alicyclic amines) is 1. The Bertz CT molecular complexity index is 1010. The van der Waals surface area contributed by atoms with Gasteiger partial charge in [0.25, 0.3) is 5.91 Å². The zero-order valence-corrected chi connectivity index (χ0v) is 16.8. The van der Waals surface area contributed by atoms with Crippen LogP contribution in [0, 0.1) is 5.92 Å². The zero-order chi connectivity index (χ0) is 20.2. The fraction of sp³-hybridized carbons (Fsp3) is 0.280. The minimum atomic E-state index is -0.142. The van der Waals surface area contributed by atoms with Gasteiger partial charge in [-0.25, -0.2) is 0 Å². The van der Waals surface area contributed by atoms with Gasteiger partial charge in [0.15, 0.2) is 0 Å². The van der Waals surface area contributed by atoms with E-state index in [9.17, 15) is 9.59 Å². The van der Waals surface area contributed by atoms with Crippen molar-refractivity contribution in [2.24, 2.45) is 5.92 Å². The molecular weight excluding hydrogens is 360 g/mol. The Hall–Kier alpha value is -3.14. The molecule has 148 valence electrons. The summed E-state index contributed by atoms with van der Waals surface area (Å²) in [5.41, 5.74) is 1.83. The highest BCUT2D eigenvalue weighted by molar-refractivity contribution is 6.07. The lowest BCUT2D eigenvalue weighted by Gasteiger charge is -2.34. The van der Waals surface area contributed by atoms with Crippen LogP contribution in [0.5, 0.6) is 0 Å². The highest BCUT2D eigenvalue weighted by Gasteiger charge is 2.31. The first-order valence-electron chi connectivity index (χ1n) is 10.2. The molecule has 0 spiro atoms. The number of carbonyl (C=O) groups excluding carboxylic acids is 2. The highest BCUT2D eigenvalue weighted by Crippen LogP contribution is 2.24. The van der Waals surface area contributed by atoms with E-state index in [1.807, 2.05) is 84.7 Å². The van der Waals surface area contributed by atoms with Crippen LogP contribution in [0.3, 0.4) is 0 Å². The second-order valence-corrected chi connectivity index (χ2v) is 7.80. The summed E-state index contributed by atoms with van der Waals surface area (Å²) < 4.78 is 0. The molecule has 29 heavy (non-hydrogen) atoms. The standard InChI is InChI=1S/C25H26N2O2/c1-26(17-19-9-3-2-4-10-19)24(28)21-13-8-16-27(18-21)25(29)23-15-7-12-20-11-5-6-14-22(20)23/h2-7,9-12,14-15,21H,8,13,16-18H2,1H3. The van der Waals surface area contributed by atoms with Crippen molar-refractivity contribution in [1.29, 1.82) is 0 Å². The van der Waals surface area contributed by atoms with Gasteiger partial charge in [0.1, 0.15) is 0 Å². The molecule has 4 heteroatoms. The minimum absolute atomic E-state index is 0.0185. The third kappa shape index (κ3) is 4.16. The predicted octanol–water partition coefficient (Wildman–Crippen LogP) is 4.35. The monoisotopic (exact) mass is 386 g/mol. The molecule has 1 fully saturated rings. The maximum Gasteiger partial charge on any atom is 0.254 e. The second kappa shape index (κ2) is 8.48. The maximum atomic E-state index is 13.2. The van der Waals surface area contributed by atoms with Gasteiger partial charge in [-0.2, -0.15) is 0 Å². The third-order valence-electron chi connectivity index (χ3n) is 5.72. The molecule has 1 saturated heterocycles. The van der Waals surface area contributed by atoms with Crippen LogP contribution in [0.1, 0.15) is 28.8 Å². The first-order valence-corrected chi connectivity index (χ1v) is 10.2. The summed E-state index contributed by atoms with van der Waals surface area (Å²) in [5.74, 6) is -0.00864. The zero-order valence-electron chi connectivity index (χ0n) is 16.8. The van der Waals surface area contributed by atoms with E-state index < -0.39 is 0 Å². The summed E-state index contributed by atoms with van der Waals surface area (Å²) in [5, 5.41) is 2.03. The molecule has 1 aliphatic rings. The van der Waals surface area contributed by atoms with E-state index >= 15 is 0 Å². The molecule has 1 heterocycles. The van der Waals surface area contributed by atoms with Crippen molar-refractivity contribution in [3.8, 4) is 0 Å². The van der Waals surface area contributed by atoms with Crippen LogP contribution in [-0.2, 0) is 11.3 Å². The largest absolute Gasteiger partial charge is 0.341 e. The fourth-order valence-electron chi connectivity index (χ4n) is 4.19. The van der Waals surface area contributed by atoms with Crippen LogP contribution in [0.2, 0.25) is 0 Å². The van der Waals surface area contributed by atoms with Crippen molar-refractivity contribution in [2.45, 2.75) is 19.4 Å². The highest BCUT2D eigenvalue weighted by atomic mass is 16.2. The van der Waals surface area contributed by atoms with E-state index in [2.05, 4.69) is 0 Å². The molecule has 0 N–H and O–H groups in total. The van der Waals surface area contributed by atoms with Gasteiger partial charge < -0.3 is 9.80 Å². The lowest BCUT2D eigenvalue weighted by molar-refractivity contribution is -0.136. The van der Waals surface area contributed by atoms with Gasteiger partial charge in [0.2, 0.25) is 5.91 Å². The molecule has 2 amide bonds. The molecule has 0 aliphatic carbocycles. The number of benzene rings is 3. The van der Waals surface area contributed by atoms with Crippen molar-refractivity contribution >= 4 is 22.6 Å². The van der Waals surface area contributed by atoms with E-state index in [1.165, 1.54) is 0 Å². The normalized spacial score (nSPS) is 16.6. The summed E-state index contributed by atoms with van der Waals surface area (Å²) in [4.78, 5) is 29.9. The Morgan fingerprint density at radius 3 is 2.52 bits per heavy atom. The summed E-state index contributed by atoms with van der Waals surface area (Å²) in [6.45, 7) is 1.78. The van der Waals surface area contributed by atoms with Crippen LogP contribution < -0.4 is 0 Å². The number of rotatable bonds is 4. The predicted molar refractivity (Wildman–Crippen MR) is 115 cm³/mol. The average Bonchev–Trinajstić information content (AvgIpc) is 2.78. The first-order chi connectivity index (χ1) is 14.1. The van der Waals surface area contributed by atoms with Crippen LogP contribution in [0.4, 0.5) is 0 Å². The Morgan fingerprint density at radius 2 is 1.69 bits per heavy atom. The Labute approximate surface area is 171 Å². The van der Waals surface area contributed by atoms with Gasteiger partial charge in [-0.05, 0) is 35.2 Å². The molecule has 0 aromatic heterocycles. The van der Waals surface area contributed by atoms with E-state index in [0.717, 1.165) is 29.2 Å². The van der Waals surface area contributed by atoms with Crippen LogP contribution in [0.15, 0.2) is 72.8 Å². The second-order valence-electron chi connectivity index (χ2n) is 7.80. The molecule has 4 rings (SSSR count). The molecule has 3 aromatic carbocycles. The average molecular weight is 386 g/mol.